The van der Waals surface area contributed by atoms with Crippen molar-refractivity contribution < 1.29 is 18.8 Å². The third-order valence-corrected chi connectivity index (χ3v) is 4.72. The van der Waals surface area contributed by atoms with Gasteiger partial charge in [0.15, 0.2) is 0 Å². The molecule has 1 fully saturated rings. The normalized spacial score (nSPS) is 16.5. The van der Waals surface area contributed by atoms with Crippen LogP contribution >= 0.6 is 0 Å². The number of hydrogen-bond donors (Lipinski definition) is 2. The molecule has 0 saturated carbocycles. The van der Waals surface area contributed by atoms with Gasteiger partial charge in [0.2, 0.25) is 17.7 Å². The van der Waals surface area contributed by atoms with Gasteiger partial charge in [0.25, 0.3) is 0 Å². The topological polar surface area (TPSA) is 91.7 Å². The SMILES string of the molecule is CC(C)C(=O)Nc1ccc(CNC(=O)C2CC(=O)N(Cc3ccco3)C2)cc1. The molecule has 3 amide bonds. The van der Waals surface area contributed by atoms with E-state index in [4.69, 9.17) is 4.42 Å². The van der Waals surface area contributed by atoms with Crippen LogP contribution < -0.4 is 10.6 Å². The van der Waals surface area contributed by atoms with Gasteiger partial charge in [-0.2, -0.15) is 0 Å². The van der Waals surface area contributed by atoms with E-state index in [1.165, 1.54) is 0 Å². The van der Waals surface area contributed by atoms with E-state index in [0.29, 0.717) is 25.4 Å². The van der Waals surface area contributed by atoms with E-state index in [1.54, 1.807) is 17.2 Å². The first-order valence-corrected chi connectivity index (χ1v) is 9.40. The minimum absolute atomic E-state index is 0.0361. The molecule has 1 unspecified atom stereocenters. The Morgan fingerprint density at radius 2 is 1.96 bits per heavy atom. The summed E-state index contributed by atoms with van der Waals surface area (Å²) in [4.78, 5) is 37.9. The Labute approximate surface area is 164 Å². The van der Waals surface area contributed by atoms with Crippen LogP contribution in [0.3, 0.4) is 0 Å². The molecule has 28 heavy (non-hydrogen) atoms. The van der Waals surface area contributed by atoms with Crippen LogP contribution in [-0.4, -0.2) is 29.2 Å². The third-order valence-electron chi connectivity index (χ3n) is 4.72. The van der Waals surface area contributed by atoms with Gasteiger partial charge in [-0.3, -0.25) is 14.4 Å². The molecule has 0 aliphatic carbocycles. The molecular formula is C21H25N3O4. The van der Waals surface area contributed by atoms with Gasteiger partial charge >= 0.3 is 0 Å². The van der Waals surface area contributed by atoms with Crippen molar-refractivity contribution >= 4 is 23.4 Å². The molecule has 1 aromatic carbocycles. The van der Waals surface area contributed by atoms with E-state index < -0.39 is 0 Å². The fourth-order valence-electron chi connectivity index (χ4n) is 3.02. The molecule has 0 radical (unpaired) electrons. The van der Waals surface area contributed by atoms with Crippen LogP contribution in [0.15, 0.2) is 47.1 Å². The third kappa shape index (κ3) is 5.00. The van der Waals surface area contributed by atoms with E-state index in [9.17, 15) is 14.4 Å². The van der Waals surface area contributed by atoms with Crippen LogP contribution in [0.1, 0.15) is 31.6 Å². The van der Waals surface area contributed by atoms with Crippen LogP contribution in [0.4, 0.5) is 5.69 Å². The predicted molar refractivity (Wildman–Crippen MR) is 104 cm³/mol. The summed E-state index contributed by atoms with van der Waals surface area (Å²) >= 11 is 0. The highest BCUT2D eigenvalue weighted by atomic mass is 16.3. The Kier molecular flexibility index (Phi) is 6.13. The Morgan fingerprint density at radius 3 is 2.61 bits per heavy atom. The lowest BCUT2D eigenvalue weighted by atomic mass is 10.1. The van der Waals surface area contributed by atoms with Crippen molar-refractivity contribution in [2.24, 2.45) is 11.8 Å². The van der Waals surface area contributed by atoms with Gasteiger partial charge in [0.1, 0.15) is 5.76 Å². The molecule has 148 valence electrons. The molecule has 0 spiro atoms. The largest absolute Gasteiger partial charge is 0.467 e. The highest BCUT2D eigenvalue weighted by Gasteiger charge is 2.34. The monoisotopic (exact) mass is 383 g/mol. The van der Waals surface area contributed by atoms with Gasteiger partial charge in [0.05, 0.1) is 18.7 Å². The Morgan fingerprint density at radius 1 is 1.21 bits per heavy atom. The molecule has 7 heteroatoms. The highest BCUT2D eigenvalue weighted by Crippen LogP contribution is 2.21. The first kappa shape index (κ1) is 19.7. The summed E-state index contributed by atoms with van der Waals surface area (Å²) in [7, 11) is 0. The molecule has 1 saturated heterocycles. The zero-order valence-corrected chi connectivity index (χ0v) is 16.1. The van der Waals surface area contributed by atoms with Crippen molar-refractivity contribution in [3.8, 4) is 0 Å². The zero-order valence-electron chi connectivity index (χ0n) is 16.1. The number of likely N-dealkylation sites (tertiary alicyclic amines) is 1. The zero-order chi connectivity index (χ0) is 20.1. The lowest BCUT2D eigenvalue weighted by Gasteiger charge is -2.15. The molecular weight excluding hydrogens is 358 g/mol. The number of nitrogens with zero attached hydrogens (tertiary/aromatic N) is 1. The summed E-state index contributed by atoms with van der Waals surface area (Å²) in [6.07, 6.45) is 1.78. The number of carbonyl (C=O) groups is 3. The van der Waals surface area contributed by atoms with Crippen molar-refractivity contribution in [1.29, 1.82) is 0 Å². The maximum Gasteiger partial charge on any atom is 0.226 e. The van der Waals surface area contributed by atoms with E-state index in [2.05, 4.69) is 10.6 Å². The van der Waals surface area contributed by atoms with Crippen molar-refractivity contribution in [3.63, 3.8) is 0 Å². The number of anilines is 1. The molecule has 0 bridgehead atoms. The van der Waals surface area contributed by atoms with Crippen molar-refractivity contribution in [2.75, 3.05) is 11.9 Å². The molecule has 1 aliphatic rings. The average molecular weight is 383 g/mol. The Hall–Kier alpha value is -3.09. The van der Waals surface area contributed by atoms with Gasteiger partial charge in [-0.25, -0.2) is 0 Å². The fraction of sp³-hybridized carbons (Fsp3) is 0.381. The van der Waals surface area contributed by atoms with Gasteiger partial charge in [-0.05, 0) is 29.8 Å². The summed E-state index contributed by atoms with van der Waals surface area (Å²) < 4.78 is 5.27. The number of nitrogens with one attached hydrogen (secondary N) is 2. The summed E-state index contributed by atoms with van der Waals surface area (Å²) in [6, 6.07) is 10.9. The van der Waals surface area contributed by atoms with E-state index >= 15 is 0 Å². The van der Waals surface area contributed by atoms with Crippen LogP contribution in [-0.2, 0) is 27.5 Å². The lowest BCUT2D eigenvalue weighted by Crippen LogP contribution is -2.32. The first-order valence-electron chi connectivity index (χ1n) is 9.40. The summed E-state index contributed by atoms with van der Waals surface area (Å²) in [6.45, 7) is 4.83. The molecule has 7 nitrogen and oxygen atoms in total. The summed E-state index contributed by atoms with van der Waals surface area (Å²) in [5.41, 5.74) is 1.65. The van der Waals surface area contributed by atoms with Gasteiger partial charge in [0, 0.05) is 31.1 Å². The van der Waals surface area contributed by atoms with Crippen LogP contribution in [0.25, 0.3) is 0 Å². The van der Waals surface area contributed by atoms with Crippen LogP contribution in [0.2, 0.25) is 0 Å². The second-order valence-corrected chi connectivity index (χ2v) is 7.31. The Bertz CT molecular complexity index is 828. The number of hydrogen-bond acceptors (Lipinski definition) is 4. The van der Waals surface area contributed by atoms with Gasteiger partial charge < -0.3 is 20.0 Å². The Balaban J connectivity index is 1.47. The maximum absolute atomic E-state index is 12.4. The van der Waals surface area contributed by atoms with Crippen molar-refractivity contribution in [2.45, 2.75) is 33.4 Å². The van der Waals surface area contributed by atoms with Gasteiger partial charge in [-0.1, -0.05) is 26.0 Å². The van der Waals surface area contributed by atoms with Crippen LogP contribution in [0.5, 0.6) is 0 Å². The first-order chi connectivity index (χ1) is 13.4. The number of furan rings is 1. The van der Waals surface area contributed by atoms with Crippen molar-refractivity contribution in [1.82, 2.24) is 10.2 Å². The molecule has 2 heterocycles. The average Bonchev–Trinajstić information content (AvgIpc) is 3.31. The fourth-order valence-corrected chi connectivity index (χ4v) is 3.02. The van der Waals surface area contributed by atoms with Crippen LogP contribution in [0, 0.1) is 11.8 Å². The number of carbonyl (C=O) groups excluding carboxylic acids is 3. The van der Waals surface area contributed by atoms with Crippen molar-refractivity contribution in [3.05, 3.63) is 54.0 Å². The molecule has 1 aromatic heterocycles. The molecule has 1 aliphatic heterocycles. The minimum Gasteiger partial charge on any atom is -0.467 e. The lowest BCUT2D eigenvalue weighted by molar-refractivity contribution is -0.129. The standard InChI is InChI=1S/C21H25N3O4/c1-14(2)20(26)23-17-7-5-15(6-8-17)11-22-21(27)16-10-19(25)24(12-16)13-18-4-3-9-28-18/h3-9,14,16H,10-13H2,1-2H3,(H,22,27)(H,23,26). The number of benzene rings is 1. The summed E-state index contributed by atoms with van der Waals surface area (Å²) in [5, 5.41) is 5.72. The highest BCUT2D eigenvalue weighted by molar-refractivity contribution is 5.92. The predicted octanol–water partition coefficient (Wildman–Crippen LogP) is 2.54. The maximum atomic E-state index is 12.4. The molecule has 3 rings (SSSR count). The smallest absolute Gasteiger partial charge is 0.226 e. The van der Waals surface area contributed by atoms with E-state index in [0.717, 1.165) is 11.3 Å². The number of amides is 3. The summed E-state index contributed by atoms with van der Waals surface area (Å²) in [5.74, 6) is 0.0619. The minimum atomic E-state index is -0.355. The van der Waals surface area contributed by atoms with E-state index in [-0.39, 0.29) is 36.0 Å². The van der Waals surface area contributed by atoms with Gasteiger partial charge in [-0.15, -0.1) is 0 Å². The second-order valence-electron chi connectivity index (χ2n) is 7.31. The molecule has 2 aromatic rings. The second kappa shape index (κ2) is 8.73. The molecule has 2 N–H and O–H groups in total. The number of rotatable bonds is 7. The quantitative estimate of drug-likeness (QED) is 0.769. The molecule has 1 atom stereocenters. The van der Waals surface area contributed by atoms with E-state index in [1.807, 2.05) is 44.2 Å².